The molecule has 154 valence electrons. The van der Waals surface area contributed by atoms with Crippen LogP contribution < -0.4 is 10.0 Å². The molecular weight excluding hydrogens is 386 g/mol. The van der Waals surface area contributed by atoms with Gasteiger partial charge in [0.1, 0.15) is 11.9 Å². The quantitative estimate of drug-likeness (QED) is 0.718. The number of hydrogen-bond donors (Lipinski definition) is 2. The molecule has 2 aromatic rings. The highest BCUT2D eigenvalue weighted by Gasteiger charge is 2.31. The third-order valence-corrected chi connectivity index (χ3v) is 6.30. The molecule has 0 spiro atoms. The number of amides is 1. The molecule has 3 rings (SSSR count). The first-order chi connectivity index (χ1) is 13.8. The second kappa shape index (κ2) is 8.78. The predicted octanol–water partition coefficient (Wildman–Crippen LogP) is 4.05. The van der Waals surface area contributed by atoms with Crippen molar-refractivity contribution in [2.75, 3.05) is 5.32 Å². The highest BCUT2D eigenvalue weighted by molar-refractivity contribution is 7.90. The standard InChI is InChI=1S/C22H27N3O3S/c1-4-5-12-19(22(26)23-17-10-8-9-16(14-17)15(2)3)24-21-18-11-6-7-13-20(18)29(27,28)25-21/h6-11,13-15,19H,4-5,12H2,1-3H3,(H,23,26)(H,24,25). The zero-order valence-electron chi connectivity index (χ0n) is 17.0. The molecule has 2 aromatic carbocycles. The second-order valence-electron chi connectivity index (χ2n) is 7.51. The first-order valence-electron chi connectivity index (χ1n) is 9.92. The van der Waals surface area contributed by atoms with Crippen molar-refractivity contribution in [1.29, 1.82) is 0 Å². The van der Waals surface area contributed by atoms with Crippen molar-refractivity contribution < 1.29 is 13.2 Å². The molecular formula is C22H27N3O3S. The van der Waals surface area contributed by atoms with E-state index in [0.29, 0.717) is 17.9 Å². The molecule has 1 atom stereocenters. The molecule has 0 fully saturated rings. The summed E-state index contributed by atoms with van der Waals surface area (Å²) < 4.78 is 27.1. The van der Waals surface area contributed by atoms with Crippen molar-refractivity contribution in [3.8, 4) is 0 Å². The number of benzene rings is 2. The highest BCUT2D eigenvalue weighted by Crippen LogP contribution is 2.24. The van der Waals surface area contributed by atoms with Crippen LogP contribution in [-0.2, 0) is 14.8 Å². The number of anilines is 1. The van der Waals surface area contributed by atoms with Crippen LogP contribution in [0.3, 0.4) is 0 Å². The highest BCUT2D eigenvalue weighted by atomic mass is 32.2. The molecule has 1 amide bonds. The fraction of sp³-hybridized carbons (Fsp3) is 0.364. The third-order valence-electron chi connectivity index (χ3n) is 4.90. The molecule has 0 aliphatic carbocycles. The lowest BCUT2D eigenvalue weighted by molar-refractivity contribution is -0.117. The van der Waals surface area contributed by atoms with Crippen molar-refractivity contribution in [1.82, 2.24) is 4.72 Å². The van der Waals surface area contributed by atoms with E-state index in [0.717, 1.165) is 24.1 Å². The average molecular weight is 414 g/mol. The molecule has 0 radical (unpaired) electrons. The fourth-order valence-electron chi connectivity index (χ4n) is 3.24. The minimum absolute atomic E-state index is 0.193. The summed E-state index contributed by atoms with van der Waals surface area (Å²) in [4.78, 5) is 17.7. The maximum absolute atomic E-state index is 13.0. The van der Waals surface area contributed by atoms with Crippen LogP contribution in [0.25, 0.3) is 0 Å². The van der Waals surface area contributed by atoms with Crippen molar-refractivity contribution in [3.63, 3.8) is 0 Å². The molecule has 0 saturated carbocycles. The van der Waals surface area contributed by atoms with E-state index >= 15 is 0 Å². The van der Waals surface area contributed by atoms with Gasteiger partial charge in [0.15, 0.2) is 0 Å². The topological polar surface area (TPSA) is 87.6 Å². The minimum Gasteiger partial charge on any atom is -0.324 e. The maximum Gasteiger partial charge on any atom is 0.263 e. The number of nitrogens with zero attached hydrogens (tertiary/aromatic N) is 1. The number of sulfonamides is 1. The zero-order chi connectivity index (χ0) is 21.0. The van der Waals surface area contributed by atoms with Crippen LogP contribution in [0.2, 0.25) is 0 Å². The smallest absolute Gasteiger partial charge is 0.263 e. The number of aliphatic imine (C=N–C) groups is 1. The van der Waals surface area contributed by atoms with Crippen LogP contribution in [0, 0.1) is 0 Å². The Hall–Kier alpha value is -2.67. The monoisotopic (exact) mass is 413 g/mol. The lowest BCUT2D eigenvalue weighted by Gasteiger charge is -2.15. The maximum atomic E-state index is 13.0. The number of hydrogen-bond acceptors (Lipinski definition) is 4. The number of carbonyl (C=O) groups is 1. The molecule has 1 heterocycles. The molecule has 29 heavy (non-hydrogen) atoms. The van der Waals surface area contributed by atoms with E-state index in [4.69, 9.17) is 0 Å². The summed E-state index contributed by atoms with van der Waals surface area (Å²) in [5, 5.41) is 2.94. The first-order valence-corrected chi connectivity index (χ1v) is 11.4. The van der Waals surface area contributed by atoms with E-state index in [1.165, 1.54) is 0 Å². The number of unbranched alkanes of at least 4 members (excludes halogenated alkanes) is 1. The van der Waals surface area contributed by atoms with Crippen LogP contribution in [-0.4, -0.2) is 26.2 Å². The van der Waals surface area contributed by atoms with E-state index in [-0.39, 0.29) is 16.6 Å². The number of fused-ring (bicyclic) bond motifs is 1. The van der Waals surface area contributed by atoms with Crippen LogP contribution in [0.1, 0.15) is 57.1 Å². The van der Waals surface area contributed by atoms with Gasteiger partial charge in [0.05, 0.1) is 4.90 Å². The molecule has 1 aliphatic rings. The average Bonchev–Trinajstić information content (AvgIpc) is 2.95. The summed E-state index contributed by atoms with van der Waals surface area (Å²) in [5.41, 5.74) is 2.36. The molecule has 0 saturated heterocycles. The fourth-order valence-corrected chi connectivity index (χ4v) is 4.48. The Kier molecular flexibility index (Phi) is 6.37. The Labute approximate surface area is 172 Å². The lowest BCUT2D eigenvalue weighted by atomic mass is 10.0. The van der Waals surface area contributed by atoms with Gasteiger partial charge in [0.2, 0.25) is 5.91 Å². The summed E-state index contributed by atoms with van der Waals surface area (Å²) >= 11 is 0. The third kappa shape index (κ3) is 4.85. The van der Waals surface area contributed by atoms with Crippen molar-refractivity contribution in [2.45, 2.75) is 56.9 Å². The SMILES string of the molecule is CCCCC(N=C1NS(=O)(=O)c2ccccc21)C(=O)Nc1cccc(C(C)C)c1. The first kappa shape index (κ1) is 21.0. The molecule has 1 aliphatic heterocycles. The van der Waals surface area contributed by atoms with Gasteiger partial charge in [-0.15, -0.1) is 0 Å². The molecule has 2 N–H and O–H groups in total. The Morgan fingerprint density at radius 2 is 1.90 bits per heavy atom. The Morgan fingerprint density at radius 1 is 1.14 bits per heavy atom. The number of rotatable bonds is 7. The zero-order valence-corrected chi connectivity index (χ0v) is 17.8. The van der Waals surface area contributed by atoms with Gasteiger partial charge < -0.3 is 5.32 Å². The Morgan fingerprint density at radius 3 is 2.62 bits per heavy atom. The summed E-state index contributed by atoms with van der Waals surface area (Å²) in [6.45, 7) is 6.24. The molecule has 1 unspecified atom stereocenters. The van der Waals surface area contributed by atoms with E-state index < -0.39 is 16.1 Å². The largest absolute Gasteiger partial charge is 0.324 e. The number of amidine groups is 1. The van der Waals surface area contributed by atoms with Crippen molar-refractivity contribution >= 4 is 27.5 Å². The van der Waals surface area contributed by atoms with Crippen LogP contribution in [0.15, 0.2) is 58.4 Å². The minimum atomic E-state index is -3.63. The van der Waals surface area contributed by atoms with E-state index in [1.807, 2.05) is 31.2 Å². The van der Waals surface area contributed by atoms with E-state index in [2.05, 4.69) is 28.9 Å². The van der Waals surface area contributed by atoms with Crippen molar-refractivity contribution in [3.05, 3.63) is 59.7 Å². The van der Waals surface area contributed by atoms with E-state index in [9.17, 15) is 13.2 Å². The normalized spacial score (nSPS) is 17.0. The Balaban J connectivity index is 1.88. The summed E-state index contributed by atoms with van der Waals surface area (Å²) in [7, 11) is -3.63. The van der Waals surface area contributed by atoms with Gasteiger partial charge >= 0.3 is 0 Å². The van der Waals surface area contributed by atoms with Crippen LogP contribution >= 0.6 is 0 Å². The lowest BCUT2D eigenvalue weighted by Crippen LogP contribution is -2.30. The van der Waals surface area contributed by atoms with Gasteiger partial charge in [-0.3, -0.25) is 14.5 Å². The van der Waals surface area contributed by atoms with Gasteiger partial charge in [-0.05, 0) is 42.2 Å². The predicted molar refractivity (Wildman–Crippen MR) is 116 cm³/mol. The Bertz CT molecular complexity index is 1030. The van der Waals surface area contributed by atoms with Crippen molar-refractivity contribution in [2.24, 2.45) is 4.99 Å². The van der Waals surface area contributed by atoms with Crippen LogP contribution in [0.4, 0.5) is 5.69 Å². The molecule has 0 aromatic heterocycles. The van der Waals surface area contributed by atoms with Crippen LogP contribution in [0.5, 0.6) is 0 Å². The molecule has 6 nitrogen and oxygen atoms in total. The van der Waals surface area contributed by atoms with Gasteiger partial charge in [-0.2, -0.15) is 0 Å². The molecule has 0 bridgehead atoms. The number of nitrogens with one attached hydrogen (secondary N) is 2. The summed E-state index contributed by atoms with van der Waals surface area (Å²) in [5.74, 6) is 0.343. The van der Waals surface area contributed by atoms with Gasteiger partial charge in [-0.1, -0.05) is 57.9 Å². The summed E-state index contributed by atoms with van der Waals surface area (Å²) in [6.07, 6.45) is 2.27. The number of carbonyl (C=O) groups excluding carboxylic acids is 1. The van der Waals surface area contributed by atoms with Gasteiger partial charge in [0.25, 0.3) is 10.0 Å². The molecule has 7 heteroatoms. The van der Waals surface area contributed by atoms with Gasteiger partial charge in [0, 0.05) is 11.3 Å². The van der Waals surface area contributed by atoms with Gasteiger partial charge in [-0.25, -0.2) is 8.42 Å². The summed E-state index contributed by atoms with van der Waals surface area (Å²) in [6, 6.07) is 13.7. The second-order valence-corrected chi connectivity index (χ2v) is 9.16. The van der Waals surface area contributed by atoms with E-state index in [1.54, 1.807) is 24.3 Å².